The Bertz CT molecular complexity index is 621. The lowest BCUT2D eigenvalue weighted by molar-refractivity contribution is -0.165. The lowest BCUT2D eigenvalue weighted by Crippen LogP contribution is -2.50. The molecule has 0 saturated carbocycles. The molecular formula is C19H24O6. The van der Waals surface area contributed by atoms with Gasteiger partial charge in [-0.05, 0) is 33.3 Å². The van der Waals surface area contributed by atoms with E-state index in [0.29, 0.717) is 5.56 Å². The molecular weight excluding hydrogens is 324 g/mol. The van der Waals surface area contributed by atoms with Gasteiger partial charge in [0.1, 0.15) is 0 Å². The smallest absolute Gasteiger partial charge is 0.327 e. The van der Waals surface area contributed by atoms with Crippen LogP contribution >= 0.6 is 0 Å². The fourth-order valence-electron chi connectivity index (χ4n) is 3.01. The molecule has 0 bridgehead atoms. The minimum absolute atomic E-state index is 0.0159. The number of rotatable bonds is 9. The molecule has 0 saturated heterocycles. The van der Waals surface area contributed by atoms with Gasteiger partial charge in [-0.25, -0.2) is 0 Å². The van der Waals surface area contributed by atoms with Gasteiger partial charge < -0.3 is 9.47 Å². The maximum absolute atomic E-state index is 12.7. The highest BCUT2D eigenvalue weighted by molar-refractivity contribution is 6.22. The first kappa shape index (κ1) is 20.5. The summed E-state index contributed by atoms with van der Waals surface area (Å²) in [7, 11) is 0. The average molecular weight is 348 g/mol. The maximum atomic E-state index is 12.7. The van der Waals surface area contributed by atoms with E-state index in [1.807, 2.05) is 0 Å². The first-order chi connectivity index (χ1) is 11.8. The van der Waals surface area contributed by atoms with E-state index in [1.165, 1.54) is 13.8 Å². The second kappa shape index (κ2) is 9.11. The molecule has 25 heavy (non-hydrogen) atoms. The summed E-state index contributed by atoms with van der Waals surface area (Å²) in [4.78, 5) is 49.8. The number of carbonyl (C=O) groups excluding carboxylic acids is 4. The van der Waals surface area contributed by atoms with Crippen LogP contribution in [0.25, 0.3) is 0 Å². The largest absolute Gasteiger partial charge is 0.466 e. The molecule has 1 aromatic rings. The van der Waals surface area contributed by atoms with Gasteiger partial charge in [0.05, 0.1) is 19.6 Å². The molecule has 1 rings (SSSR count). The summed E-state index contributed by atoms with van der Waals surface area (Å²) in [6.45, 7) is 5.75. The number of benzene rings is 1. The van der Waals surface area contributed by atoms with Crippen molar-refractivity contribution in [2.24, 2.45) is 5.41 Å². The molecule has 0 heterocycles. The fourth-order valence-corrected chi connectivity index (χ4v) is 3.01. The van der Waals surface area contributed by atoms with Crippen LogP contribution in [0.1, 0.15) is 45.6 Å². The van der Waals surface area contributed by atoms with E-state index < -0.39 is 34.8 Å². The molecule has 0 radical (unpaired) electrons. The Labute approximate surface area is 147 Å². The standard InChI is InChI=1S/C19H24O6/c1-5-24-17(22)12-16(15-10-8-7-9-11-15)19(13(3)20,14(4)21)18(23)25-6-2/h7-11,16H,5-6,12H2,1-4H3. The summed E-state index contributed by atoms with van der Waals surface area (Å²) in [6, 6.07) is 8.53. The van der Waals surface area contributed by atoms with Gasteiger partial charge in [0.2, 0.25) is 0 Å². The lowest BCUT2D eigenvalue weighted by Gasteiger charge is -2.34. The number of Topliss-reactive ketones (excluding diaryl/α,β-unsaturated/α-hetero) is 2. The van der Waals surface area contributed by atoms with Crippen molar-refractivity contribution in [3.8, 4) is 0 Å². The normalized spacial score (nSPS) is 12.2. The Morgan fingerprint density at radius 3 is 1.88 bits per heavy atom. The molecule has 1 aromatic carbocycles. The van der Waals surface area contributed by atoms with Gasteiger partial charge in [0.25, 0.3) is 0 Å². The van der Waals surface area contributed by atoms with E-state index >= 15 is 0 Å². The van der Waals surface area contributed by atoms with Gasteiger partial charge >= 0.3 is 11.9 Å². The minimum Gasteiger partial charge on any atom is -0.466 e. The van der Waals surface area contributed by atoms with Crippen LogP contribution < -0.4 is 0 Å². The molecule has 6 heteroatoms. The molecule has 0 spiro atoms. The average Bonchev–Trinajstić information content (AvgIpc) is 2.55. The molecule has 0 aliphatic carbocycles. The zero-order chi connectivity index (χ0) is 19.0. The summed E-state index contributed by atoms with van der Waals surface area (Å²) in [5.41, 5.74) is -1.56. The number of hydrogen-bond acceptors (Lipinski definition) is 6. The second-order valence-electron chi connectivity index (χ2n) is 5.61. The topological polar surface area (TPSA) is 86.7 Å². The van der Waals surface area contributed by atoms with Gasteiger partial charge in [-0.1, -0.05) is 30.3 Å². The van der Waals surface area contributed by atoms with Crippen molar-refractivity contribution in [1.29, 1.82) is 0 Å². The highest BCUT2D eigenvalue weighted by Gasteiger charge is 2.56. The van der Waals surface area contributed by atoms with E-state index in [1.54, 1.807) is 44.2 Å². The lowest BCUT2D eigenvalue weighted by atomic mass is 9.65. The highest BCUT2D eigenvalue weighted by Crippen LogP contribution is 2.42. The second-order valence-corrected chi connectivity index (χ2v) is 5.61. The number of ketones is 2. The van der Waals surface area contributed by atoms with Crippen LogP contribution in [-0.2, 0) is 28.7 Å². The molecule has 0 aliphatic heterocycles. The van der Waals surface area contributed by atoms with Crippen molar-refractivity contribution in [3.63, 3.8) is 0 Å². The van der Waals surface area contributed by atoms with Crippen molar-refractivity contribution in [1.82, 2.24) is 0 Å². The SMILES string of the molecule is CCOC(=O)CC(c1ccccc1)C(C(C)=O)(C(C)=O)C(=O)OCC. The van der Waals surface area contributed by atoms with Crippen LogP contribution in [0.15, 0.2) is 30.3 Å². The molecule has 6 nitrogen and oxygen atoms in total. The van der Waals surface area contributed by atoms with Crippen LogP contribution in [-0.4, -0.2) is 36.7 Å². The van der Waals surface area contributed by atoms with E-state index in [2.05, 4.69) is 0 Å². The summed E-state index contributed by atoms with van der Waals surface area (Å²) in [6.07, 6.45) is -0.282. The van der Waals surface area contributed by atoms with Crippen molar-refractivity contribution >= 4 is 23.5 Å². The molecule has 0 aromatic heterocycles. The summed E-state index contributed by atoms with van der Waals surface area (Å²) in [5, 5.41) is 0. The predicted molar refractivity (Wildman–Crippen MR) is 90.9 cm³/mol. The number of esters is 2. The summed E-state index contributed by atoms with van der Waals surface area (Å²) >= 11 is 0. The predicted octanol–water partition coefficient (Wildman–Crippen LogP) is 2.45. The zero-order valence-electron chi connectivity index (χ0n) is 15.0. The van der Waals surface area contributed by atoms with Gasteiger partial charge in [-0.3, -0.25) is 19.2 Å². The van der Waals surface area contributed by atoms with Crippen molar-refractivity contribution in [2.75, 3.05) is 13.2 Å². The van der Waals surface area contributed by atoms with Gasteiger partial charge in [0, 0.05) is 5.92 Å². The Morgan fingerprint density at radius 2 is 1.44 bits per heavy atom. The van der Waals surface area contributed by atoms with Crippen molar-refractivity contribution < 1.29 is 28.7 Å². The maximum Gasteiger partial charge on any atom is 0.327 e. The highest BCUT2D eigenvalue weighted by atomic mass is 16.5. The third kappa shape index (κ3) is 4.32. The van der Waals surface area contributed by atoms with E-state index in [4.69, 9.17) is 9.47 Å². The molecule has 1 atom stereocenters. The Hall–Kier alpha value is -2.50. The van der Waals surface area contributed by atoms with E-state index in [9.17, 15) is 19.2 Å². The monoisotopic (exact) mass is 348 g/mol. The van der Waals surface area contributed by atoms with Gasteiger partial charge in [0.15, 0.2) is 17.0 Å². The molecule has 0 fully saturated rings. The summed E-state index contributed by atoms with van der Waals surface area (Å²) < 4.78 is 10.0. The van der Waals surface area contributed by atoms with Crippen LogP contribution in [0.3, 0.4) is 0 Å². The molecule has 0 N–H and O–H groups in total. The first-order valence-electron chi connectivity index (χ1n) is 8.22. The minimum atomic E-state index is -2.08. The van der Waals surface area contributed by atoms with E-state index in [-0.39, 0.29) is 19.6 Å². The Balaban J connectivity index is 3.57. The van der Waals surface area contributed by atoms with Crippen molar-refractivity contribution in [2.45, 2.75) is 40.0 Å². The van der Waals surface area contributed by atoms with Crippen LogP contribution in [0, 0.1) is 5.41 Å². The molecule has 1 unspecified atom stereocenters. The Kier molecular flexibility index (Phi) is 7.48. The van der Waals surface area contributed by atoms with Crippen LogP contribution in [0.2, 0.25) is 0 Å². The van der Waals surface area contributed by atoms with Crippen molar-refractivity contribution in [3.05, 3.63) is 35.9 Å². The zero-order valence-corrected chi connectivity index (χ0v) is 15.0. The third-order valence-corrected chi connectivity index (χ3v) is 4.11. The Morgan fingerprint density at radius 1 is 0.920 bits per heavy atom. The molecule has 136 valence electrons. The molecule has 0 aliphatic rings. The van der Waals surface area contributed by atoms with E-state index in [0.717, 1.165) is 0 Å². The van der Waals surface area contributed by atoms with Crippen LogP contribution in [0.4, 0.5) is 0 Å². The first-order valence-corrected chi connectivity index (χ1v) is 8.22. The number of ether oxygens (including phenoxy) is 2. The van der Waals surface area contributed by atoms with Crippen LogP contribution in [0.5, 0.6) is 0 Å². The third-order valence-electron chi connectivity index (χ3n) is 4.11. The fraction of sp³-hybridized carbons (Fsp3) is 0.474. The van der Waals surface area contributed by atoms with Gasteiger partial charge in [-0.2, -0.15) is 0 Å². The summed E-state index contributed by atoms with van der Waals surface area (Å²) in [5.74, 6) is -3.84. The molecule has 0 amide bonds. The number of carbonyl (C=O) groups is 4. The van der Waals surface area contributed by atoms with Gasteiger partial charge in [-0.15, -0.1) is 0 Å². The quantitative estimate of drug-likeness (QED) is 0.503. The number of hydrogen-bond donors (Lipinski definition) is 0.